The Kier molecular flexibility index (Phi) is 6.80. The SMILES string of the molecule is COc1ccc(-c2cc3nc(C)c(C(OC(C)(C)C)C(=O)O)c(-c4cc(F)c5c(c4C)CCCO5)n3n2)cc1. The number of hydrogen-bond donors (Lipinski definition) is 1. The van der Waals surface area contributed by atoms with E-state index in [0.717, 1.165) is 23.1 Å². The number of aliphatic carboxylic acids is 1. The zero-order valence-electron chi connectivity index (χ0n) is 23.0. The molecule has 1 aliphatic rings. The summed E-state index contributed by atoms with van der Waals surface area (Å²) in [6.45, 7) is 9.48. The van der Waals surface area contributed by atoms with Gasteiger partial charge in [0.1, 0.15) is 5.75 Å². The van der Waals surface area contributed by atoms with Gasteiger partial charge in [-0.1, -0.05) is 0 Å². The van der Waals surface area contributed by atoms with Gasteiger partial charge >= 0.3 is 5.97 Å². The van der Waals surface area contributed by atoms with Gasteiger partial charge in [-0.15, -0.1) is 0 Å². The van der Waals surface area contributed by atoms with Gasteiger partial charge in [0.25, 0.3) is 0 Å². The van der Waals surface area contributed by atoms with Crippen LogP contribution in [0.25, 0.3) is 28.2 Å². The highest BCUT2D eigenvalue weighted by atomic mass is 19.1. The van der Waals surface area contributed by atoms with E-state index in [4.69, 9.17) is 24.3 Å². The van der Waals surface area contributed by atoms with Crippen molar-refractivity contribution >= 4 is 11.6 Å². The number of hydrogen-bond acceptors (Lipinski definition) is 6. The maximum absolute atomic E-state index is 15.5. The number of aryl methyl sites for hydroxylation is 1. The van der Waals surface area contributed by atoms with Crippen LogP contribution in [0.15, 0.2) is 36.4 Å². The van der Waals surface area contributed by atoms with E-state index in [-0.39, 0.29) is 5.75 Å². The van der Waals surface area contributed by atoms with Gasteiger partial charge < -0.3 is 19.3 Å². The Labute approximate surface area is 226 Å². The molecule has 1 aliphatic heterocycles. The number of fused-ring (bicyclic) bond motifs is 2. The molecule has 4 aromatic rings. The van der Waals surface area contributed by atoms with Crippen LogP contribution in [0.1, 0.15) is 55.7 Å². The fourth-order valence-electron chi connectivity index (χ4n) is 5.10. The van der Waals surface area contributed by atoms with Crippen molar-refractivity contribution in [3.63, 3.8) is 0 Å². The number of benzene rings is 2. The van der Waals surface area contributed by atoms with Gasteiger partial charge in [-0.25, -0.2) is 18.7 Å². The summed E-state index contributed by atoms with van der Waals surface area (Å²) in [5, 5.41) is 15.2. The van der Waals surface area contributed by atoms with Crippen molar-refractivity contribution in [2.45, 2.75) is 59.2 Å². The van der Waals surface area contributed by atoms with E-state index in [9.17, 15) is 9.90 Å². The van der Waals surface area contributed by atoms with E-state index in [2.05, 4.69) is 0 Å². The van der Waals surface area contributed by atoms with E-state index < -0.39 is 23.5 Å². The smallest absolute Gasteiger partial charge is 0.337 e. The van der Waals surface area contributed by atoms with Crippen LogP contribution in [-0.4, -0.2) is 45.0 Å². The van der Waals surface area contributed by atoms with Gasteiger partial charge in [0, 0.05) is 34.0 Å². The Hall–Kier alpha value is -3.98. The summed E-state index contributed by atoms with van der Waals surface area (Å²) in [7, 11) is 1.60. The van der Waals surface area contributed by atoms with Crippen molar-refractivity contribution in [3.05, 3.63) is 64.6 Å². The monoisotopic (exact) mass is 533 g/mol. The Bertz CT molecular complexity index is 1570. The van der Waals surface area contributed by atoms with Gasteiger partial charge in [0.2, 0.25) is 0 Å². The molecule has 0 saturated carbocycles. The minimum absolute atomic E-state index is 0.256. The van der Waals surface area contributed by atoms with Crippen LogP contribution < -0.4 is 9.47 Å². The third kappa shape index (κ3) is 4.94. The number of rotatable bonds is 6. The lowest BCUT2D eigenvalue weighted by Crippen LogP contribution is -2.29. The fourth-order valence-corrected chi connectivity index (χ4v) is 5.10. The van der Waals surface area contributed by atoms with Crippen molar-refractivity contribution in [2.75, 3.05) is 13.7 Å². The molecule has 204 valence electrons. The molecule has 0 bridgehead atoms. The second-order valence-corrected chi connectivity index (χ2v) is 10.7. The summed E-state index contributed by atoms with van der Waals surface area (Å²) in [5.41, 5.74) is 4.51. The lowest BCUT2D eigenvalue weighted by molar-refractivity contribution is -0.160. The molecule has 8 nitrogen and oxygen atoms in total. The zero-order valence-corrected chi connectivity index (χ0v) is 23.0. The Balaban J connectivity index is 1.84. The topological polar surface area (TPSA) is 95.2 Å². The highest BCUT2D eigenvalue weighted by Gasteiger charge is 2.34. The summed E-state index contributed by atoms with van der Waals surface area (Å²) >= 11 is 0. The van der Waals surface area contributed by atoms with E-state index in [1.165, 1.54) is 6.07 Å². The Morgan fingerprint density at radius 1 is 1.18 bits per heavy atom. The lowest BCUT2D eigenvalue weighted by Gasteiger charge is -2.28. The predicted molar refractivity (Wildman–Crippen MR) is 145 cm³/mol. The van der Waals surface area contributed by atoms with Gasteiger partial charge in [-0.3, -0.25) is 0 Å². The van der Waals surface area contributed by atoms with E-state index in [1.54, 1.807) is 39.3 Å². The largest absolute Gasteiger partial charge is 0.497 e. The van der Waals surface area contributed by atoms with Crippen LogP contribution in [0.4, 0.5) is 4.39 Å². The summed E-state index contributed by atoms with van der Waals surface area (Å²) in [5.74, 6) is -0.695. The molecular weight excluding hydrogens is 501 g/mol. The van der Waals surface area contributed by atoms with Crippen molar-refractivity contribution < 1.29 is 28.5 Å². The van der Waals surface area contributed by atoms with Crippen LogP contribution in [-0.2, 0) is 16.0 Å². The first-order valence-corrected chi connectivity index (χ1v) is 12.9. The minimum Gasteiger partial charge on any atom is -0.497 e. The minimum atomic E-state index is -1.36. The number of nitrogens with zero attached hydrogens (tertiary/aromatic N) is 3. The van der Waals surface area contributed by atoms with Crippen LogP contribution in [0, 0.1) is 19.7 Å². The van der Waals surface area contributed by atoms with Gasteiger partial charge in [0.15, 0.2) is 23.3 Å². The highest BCUT2D eigenvalue weighted by Crippen LogP contribution is 2.42. The molecule has 0 amide bonds. The summed E-state index contributed by atoms with van der Waals surface area (Å²) < 4.78 is 34.1. The summed E-state index contributed by atoms with van der Waals surface area (Å²) in [4.78, 5) is 17.4. The van der Waals surface area contributed by atoms with Crippen LogP contribution >= 0.6 is 0 Å². The number of halogens is 1. The normalized spacial score (nSPS) is 14.1. The van der Waals surface area contributed by atoms with Gasteiger partial charge in [-0.05, 0) is 83.4 Å². The zero-order chi connectivity index (χ0) is 28.1. The van der Waals surface area contributed by atoms with Crippen LogP contribution in [0.3, 0.4) is 0 Å². The molecule has 1 N–H and O–H groups in total. The molecular formula is C30H32FN3O5. The highest BCUT2D eigenvalue weighted by molar-refractivity contribution is 5.82. The molecule has 0 saturated heterocycles. The van der Waals surface area contributed by atoms with Gasteiger partial charge in [0.05, 0.1) is 30.7 Å². The Morgan fingerprint density at radius 3 is 2.54 bits per heavy atom. The molecule has 3 heterocycles. The first-order chi connectivity index (χ1) is 18.5. The molecule has 39 heavy (non-hydrogen) atoms. The van der Waals surface area contributed by atoms with Crippen molar-refractivity contribution in [2.24, 2.45) is 0 Å². The van der Waals surface area contributed by atoms with E-state index in [0.29, 0.717) is 52.6 Å². The van der Waals surface area contributed by atoms with Crippen LogP contribution in [0.2, 0.25) is 0 Å². The first kappa shape index (κ1) is 26.6. The average Bonchev–Trinajstić information content (AvgIpc) is 3.32. The third-order valence-electron chi connectivity index (χ3n) is 6.86. The molecule has 1 unspecified atom stereocenters. The number of carbonyl (C=O) groups is 1. The molecule has 9 heteroatoms. The molecule has 1 atom stereocenters. The second-order valence-electron chi connectivity index (χ2n) is 10.7. The first-order valence-electron chi connectivity index (χ1n) is 12.9. The van der Waals surface area contributed by atoms with Crippen LogP contribution in [0.5, 0.6) is 11.5 Å². The van der Waals surface area contributed by atoms with Crippen molar-refractivity contribution in [1.29, 1.82) is 0 Å². The predicted octanol–water partition coefficient (Wildman–Crippen LogP) is 6.09. The summed E-state index contributed by atoms with van der Waals surface area (Å²) in [6, 6.07) is 10.7. The van der Waals surface area contributed by atoms with Crippen molar-refractivity contribution in [3.8, 4) is 34.0 Å². The molecule has 2 aromatic heterocycles. The average molecular weight is 534 g/mol. The third-order valence-corrected chi connectivity index (χ3v) is 6.86. The number of carboxylic acid groups (broad SMARTS) is 1. The summed E-state index contributed by atoms with van der Waals surface area (Å²) in [6.07, 6.45) is 0.0639. The maximum Gasteiger partial charge on any atom is 0.337 e. The molecule has 5 rings (SSSR count). The fraction of sp³-hybridized carbons (Fsp3) is 0.367. The van der Waals surface area contributed by atoms with E-state index >= 15 is 4.39 Å². The number of carboxylic acids is 1. The van der Waals surface area contributed by atoms with E-state index in [1.807, 2.05) is 37.3 Å². The molecule has 0 fully saturated rings. The number of aromatic nitrogens is 3. The Morgan fingerprint density at radius 2 is 1.90 bits per heavy atom. The second kappa shape index (κ2) is 9.96. The maximum atomic E-state index is 15.5. The molecule has 2 aromatic carbocycles. The van der Waals surface area contributed by atoms with Crippen molar-refractivity contribution in [1.82, 2.24) is 14.6 Å². The molecule has 0 radical (unpaired) electrons. The lowest BCUT2D eigenvalue weighted by atomic mass is 9.91. The quantitative estimate of drug-likeness (QED) is 0.320. The standard InChI is InChI=1S/C30H32FN3O5/c1-16-20-8-7-13-38-27(20)22(31)14-21(16)26-25(28(29(35)36)39-30(3,4)5)17(2)32-24-15-23(33-34(24)26)18-9-11-19(37-6)12-10-18/h9-12,14-15,28H,7-8,13H2,1-6H3,(H,35,36). The number of methoxy groups -OCH3 is 1. The molecule has 0 spiro atoms. The number of ether oxygens (including phenoxy) is 3. The molecule has 0 aliphatic carbocycles. The van der Waals surface area contributed by atoms with Gasteiger partial charge in [-0.2, -0.15) is 5.10 Å².